The highest BCUT2D eigenvalue weighted by molar-refractivity contribution is 7.05. The Labute approximate surface area is 82.7 Å². The van der Waals surface area contributed by atoms with E-state index in [4.69, 9.17) is 0 Å². The van der Waals surface area contributed by atoms with Crippen LogP contribution in [0.3, 0.4) is 0 Å². The zero-order chi connectivity index (χ0) is 9.26. The predicted molar refractivity (Wildman–Crippen MR) is 53.9 cm³/mol. The summed E-state index contributed by atoms with van der Waals surface area (Å²) in [5.74, 6) is 0.725. The molecule has 1 aliphatic carbocycles. The van der Waals surface area contributed by atoms with Gasteiger partial charge in [-0.25, -0.2) is 0 Å². The molecule has 0 unspecified atom stereocenters. The van der Waals surface area contributed by atoms with Gasteiger partial charge in [-0.2, -0.15) is 0 Å². The summed E-state index contributed by atoms with van der Waals surface area (Å²) in [5.41, 5.74) is 1.25. The summed E-state index contributed by atoms with van der Waals surface area (Å²) in [5, 5.41) is 7.59. The lowest BCUT2D eigenvalue weighted by Crippen LogP contribution is -2.21. The molecule has 0 bridgehead atoms. The summed E-state index contributed by atoms with van der Waals surface area (Å²) < 4.78 is 4.01. The lowest BCUT2D eigenvalue weighted by Gasteiger charge is -2.06. The second-order valence-electron chi connectivity index (χ2n) is 3.89. The monoisotopic (exact) mass is 197 g/mol. The van der Waals surface area contributed by atoms with E-state index in [0.29, 0.717) is 6.04 Å². The molecule has 1 fully saturated rings. The van der Waals surface area contributed by atoms with E-state index in [2.05, 4.69) is 28.8 Å². The van der Waals surface area contributed by atoms with Gasteiger partial charge < -0.3 is 5.32 Å². The third kappa shape index (κ3) is 2.25. The van der Waals surface area contributed by atoms with E-state index in [1.54, 1.807) is 0 Å². The van der Waals surface area contributed by atoms with Crippen LogP contribution in [0, 0.1) is 0 Å². The van der Waals surface area contributed by atoms with Gasteiger partial charge in [0.1, 0.15) is 0 Å². The van der Waals surface area contributed by atoms with Crippen molar-refractivity contribution in [1.82, 2.24) is 14.9 Å². The largest absolute Gasteiger partial charge is 0.310 e. The molecule has 1 aliphatic rings. The number of nitrogens with one attached hydrogen (secondary N) is 1. The molecule has 13 heavy (non-hydrogen) atoms. The molecular weight excluding hydrogens is 182 g/mol. The fourth-order valence-corrected chi connectivity index (χ4v) is 1.98. The highest BCUT2D eigenvalue weighted by Crippen LogP contribution is 2.41. The highest BCUT2D eigenvalue weighted by Gasteiger charge is 2.28. The Morgan fingerprint density at radius 1 is 1.54 bits per heavy atom. The Morgan fingerprint density at radius 3 is 2.92 bits per heavy atom. The van der Waals surface area contributed by atoms with Crippen LogP contribution in [0.5, 0.6) is 0 Å². The van der Waals surface area contributed by atoms with Crippen molar-refractivity contribution in [2.75, 3.05) is 0 Å². The van der Waals surface area contributed by atoms with Gasteiger partial charge in [0.2, 0.25) is 0 Å². The van der Waals surface area contributed by atoms with Gasteiger partial charge in [0.15, 0.2) is 0 Å². The summed E-state index contributed by atoms with van der Waals surface area (Å²) in [6.07, 6.45) is 2.61. The zero-order valence-corrected chi connectivity index (χ0v) is 8.90. The van der Waals surface area contributed by atoms with E-state index in [-0.39, 0.29) is 0 Å². The molecule has 1 N–H and O–H groups in total. The van der Waals surface area contributed by atoms with Gasteiger partial charge in [-0.15, -0.1) is 5.10 Å². The first-order valence-corrected chi connectivity index (χ1v) is 5.59. The fraction of sp³-hybridized carbons (Fsp3) is 0.778. The molecule has 0 aliphatic heterocycles. The minimum atomic E-state index is 0.536. The summed E-state index contributed by atoms with van der Waals surface area (Å²) in [6.45, 7) is 5.25. The maximum absolute atomic E-state index is 4.18. The van der Waals surface area contributed by atoms with Crippen LogP contribution in [0.2, 0.25) is 0 Å². The Kier molecular flexibility index (Phi) is 2.60. The molecule has 72 valence electrons. The molecule has 1 saturated carbocycles. The van der Waals surface area contributed by atoms with Crippen LogP contribution < -0.4 is 5.32 Å². The third-order valence-corrected chi connectivity index (χ3v) is 2.96. The van der Waals surface area contributed by atoms with Gasteiger partial charge in [-0.3, -0.25) is 0 Å². The van der Waals surface area contributed by atoms with Gasteiger partial charge in [0, 0.05) is 18.5 Å². The zero-order valence-electron chi connectivity index (χ0n) is 8.08. The molecule has 0 saturated heterocycles. The normalized spacial score (nSPS) is 16.8. The molecule has 2 rings (SSSR count). The maximum atomic E-state index is 4.18. The van der Waals surface area contributed by atoms with Gasteiger partial charge in [-0.05, 0) is 24.4 Å². The topological polar surface area (TPSA) is 37.8 Å². The standard InChI is InChI=1S/C9H15N3S/c1-6(2)10-5-8-9(7-3-4-7)11-12-13-8/h6-7,10H,3-5H2,1-2H3. The Balaban J connectivity index is 1.98. The van der Waals surface area contributed by atoms with Crippen LogP contribution in [-0.4, -0.2) is 15.6 Å². The third-order valence-electron chi connectivity index (χ3n) is 2.22. The van der Waals surface area contributed by atoms with Crippen molar-refractivity contribution in [2.45, 2.75) is 45.2 Å². The van der Waals surface area contributed by atoms with E-state index in [1.165, 1.54) is 34.9 Å². The minimum absolute atomic E-state index is 0.536. The predicted octanol–water partition coefficient (Wildman–Crippen LogP) is 1.91. The van der Waals surface area contributed by atoms with Crippen LogP contribution >= 0.6 is 11.5 Å². The van der Waals surface area contributed by atoms with Crippen molar-refractivity contribution >= 4 is 11.5 Å². The Morgan fingerprint density at radius 2 is 2.31 bits per heavy atom. The SMILES string of the molecule is CC(C)NCc1snnc1C1CC1. The number of nitrogens with zero attached hydrogens (tertiary/aromatic N) is 2. The van der Waals surface area contributed by atoms with E-state index < -0.39 is 0 Å². The first-order chi connectivity index (χ1) is 6.27. The summed E-state index contributed by atoms with van der Waals surface area (Å²) in [7, 11) is 0. The van der Waals surface area contributed by atoms with Crippen molar-refractivity contribution in [1.29, 1.82) is 0 Å². The van der Waals surface area contributed by atoms with E-state index in [9.17, 15) is 0 Å². The number of hydrogen-bond donors (Lipinski definition) is 1. The van der Waals surface area contributed by atoms with Crippen LogP contribution in [0.25, 0.3) is 0 Å². The number of hydrogen-bond acceptors (Lipinski definition) is 4. The first-order valence-electron chi connectivity index (χ1n) is 4.82. The van der Waals surface area contributed by atoms with Crippen LogP contribution in [0.1, 0.15) is 43.2 Å². The van der Waals surface area contributed by atoms with E-state index >= 15 is 0 Å². The quantitative estimate of drug-likeness (QED) is 0.801. The fourth-order valence-electron chi connectivity index (χ4n) is 1.30. The molecule has 4 heteroatoms. The van der Waals surface area contributed by atoms with Crippen LogP contribution in [0.15, 0.2) is 0 Å². The summed E-state index contributed by atoms with van der Waals surface area (Å²) in [6, 6.07) is 0.536. The van der Waals surface area contributed by atoms with Gasteiger partial charge in [0.25, 0.3) is 0 Å². The smallest absolute Gasteiger partial charge is 0.0831 e. The molecule has 3 nitrogen and oxygen atoms in total. The lowest BCUT2D eigenvalue weighted by molar-refractivity contribution is 0.590. The van der Waals surface area contributed by atoms with E-state index in [0.717, 1.165) is 12.5 Å². The van der Waals surface area contributed by atoms with Crippen molar-refractivity contribution < 1.29 is 0 Å². The lowest BCUT2D eigenvalue weighted by atomic mass is 10.2. The van der Waals surface area contributed by atoms with Crippen molar-refractivity contribution in [3.63, 3.8) is 0 Å². The number of aromatic nitrogens is 2. The molecule has 0 aromatic carbocycles. The second-order valence-corrected chi connectivity index (χ2v) is 4.73. The van der Waals surface area contributed by atoms with Crippen molar-refractivity contribution in [3.8, 4) is 0 Å². The summed E-state index contributed by atoms with van der Waals surface area (Å²) >= 11 is 1.54. The molecule has 0 spiro atoms. The summed E-state index contributed by atoms with van der Waals surface area (Å²) in [4.78, 5) is 1.33. The molecular formula is C9H15N3S. The second kappa shape index (κ2) is 3.72. The highest BCUT2D eigenvalue weighted by atomic mass is 32.1. The minimum Gasteiger partial charge on any atom is -0.310 e. The van der Waals surface area contributed by atoms with Gasteiger partial charge in [-0.1, -0.05) is 18.3 Å². The van der Waals surface area contributed by atoms with Crippen molar-refractivity contribution in [3.05, 3.63) is 10.6 Å². The molecule has 1 aromatic heterocycles. The average molecular weight is 197 g/mol. The number of rotatable bonds is 4. The van der Waals surface area contributed by atoms with Crippen LogP contribution in [-0.2, 0) is 6.54 Å². The van der Waals surface area contributed by atoms with Gasteiger partial charge in [0.05, 0.1) is 10.6 Å². The molecule has 1 heterocycles. The van der Waals surface area contributed by atoms with E-state index in [1.807, 2.05) is 0 Å². The molecule has 0 amide bonds. The van der Waals surface area contributed by atoms with Crippen molar-refractivity contribution in [2.24, 2.45) is 0 Å². The molecule has 0 radical (unpaired) electrons. The van der Waals surface area contributed by atoms with Gasteiger partial charge >= 0.3 is 0 Å². The maximum Gasteiger partial charge on any atom is 0.0831 e. The Bertz CT molecular complexity index is 278. The first kappa shape index (κ1) is 9.09. The van der Waals surface area contributed by atoms with Crippen LogP contribution in [0.4, 0.5) is 0 Å². The molecule has 0 atom stereocenters. The molecule has 1 aromatic rings. The average Bonchev–Trinajstić information content (AvgIpc) is 2.82. The Hall–Kier alpha value is -0.480.